The Morgan fingerprint density at radius 2 is 2.09 bits per heavy atom. The predicted molar refractivity (Wildman–Crippen MR) is 89.3 cm³/mol. The van der Waals surface area contributed by atoms with E-state index in [9.17, 15) is 0 Å². The summed E-state index contributed by atoms with van der Waals surface area (Å²) in [5.74, 6) is 2.42. The molecule has 22 heavy (non-hydrogen) atoms. The van der Waals surface area contributed by atoms with Gasteiger partial charge in [-0.15, -0.1) is 0 Å². The monoisotopic (exact) mass is 297 g/mol. The lowest BCUT2D eigenvalue weighted by Gasteiger charge is -2.17. The lowest BCUT2D eigenvalue weighted by molar-refractivity contribution is 0.620. The van der Waals surface area contributed by atoms with Crippen LogP contribution in [-0.2, 0) is 0 Å². The maximum absolute atomic E-state index is 4.60. The number of rotatable bonds is 4. The third kappa shape index (κ3) is 3.35. The van der Waals surface area contributed by atoms with Crippen molar-refractivity contribution in [1.29, 1.82) is 0 Å². The summed E-state index contributed by atoms with van der Waals surface area (Å²) in [4.78, 5) is 15.8. The smallest absolute Gasteiger partial charge is 0.225 e. The van der Waals surface area contributed by atoms with Crippen molar-refractivity contribution in [1.82, 2.24) is 15.0 Å². The summed E-state index contributed by atoms with van der Waals surface area (Å²) in [6, 6.07) is 6.07. The van der Waals surface area contributed by atoms with E-state index in [2.05, 4.69) is 25.2 Å². The van der Waals surface area contributed by atoms with Gasteiger partial charge >= 0.3 is 0 Å². The Balaban J connectivity index is 1.57. The van der Waals surface area contributed by atoms with Crippen molar-refractivity contribution in [3.63, 3.8) is 0 Å². The first kappa shape index (κ1) is 14.8. The predicted octanol–water partition coefficient (Wildman–Crippen LogP) is 2.74. The summed E-state index contributed by atoms with van der Waals surface area (Å²) in [7, 11) is 0. The topological polar surface area (TPSA) is 53.9 Å². The molecule has 1 fully saturated rings. The fourth-order valence-electron chi connectivity index (χ4n) is 2.74. The minimum Gasteiger partial charge on any atom is -0.370 e. The molecule has 0 aromatic carbocycles. The first-order valence-electron chi connectivity index (χ1n) is 7.84. The molecule has 0 aliphatic carbocycles. The van der Waals surface area contributed by atoms with Gasteiger partial charge in [0.05, 0.1) is 0 Å². The van der Waals surface area contributed by atoms with Crippen LogP contribution in [-0.4, -0.2) is 34.6 Å². The summed E-state index contributed by atoms with van der Waals surface area (Å²) in [5, 5.41) is 3.44. The zero-order chi connectivity index (χ0) is 15.5. The molecule has 2 aromatic heterocycles. The second-order valence-corrected chi connectivity index (χ2v) is 6.08. The van der Waals surface area contributed by atoms with Gasteiger partial charge < -0.3 is 10.2 Å². The molecule has 116 valence electrons. The van der Waals surface area contributed by atoms with Crippen molar-refractivity contribution < 1.29 is 0 Å². The normalized spacial score (nSPS) is 17.8. The molecular weight excluding hydrogens is 274 g/mol. The van der Waals surface area contributed by atoms with Gasteiger partial charge in [0.1, 0.15) is 5.82 Å². The van der Waals surface area contributed by atoms with Gasteiger partial charge in [-0.05, 0) is 50.8 Å². The number of nitrogens with zero attached hydrogens (tertiary/aromatic N) is 4. The Morgan fingerprint density at radius 3 is 2.86 bits per heavy atom. The van der Waals surface area contributed by atoms with Crippen LogP contribution in [0.3, 0.4) is 0 Å². The molecule has 0 saturated carbocycles. The minimum absolute atomic E-state index is 0.604. The summed E-state index contributed by atoms with van der Waals surface area (Å²) in [5.41, 5.74) is 3.25. The highest BCUT2D eigenvalue weighted by atomic mass is 15.3. The molecule has 3 heterocycles. The second-order valence-electron chi connectivity index (χ2n) is 6.08. The van der Waals surface area contributed by atoms with Crippen LogP contribution in [0.15, 0.2) is 24.4 Å². The molecule has 1 saturated heterocycles. The Labute approximate surface area is 131 Å². The highest BCUT2D eigenvalue weighted by Crippen LogP contribution is 2.21. The van der Waals surface area contributed by atoms with Gasteiger partial charge in [0.25, 0.3) is 0 Å². The average Bonchev–Trinajstić information content (AvgIpc) is 2.97. The fourth-order valence-corrected chi connectivity index (χ4v) is 2.74. The maximum Gasteiger partial charge on any atom is 0.225 e. The van der Waals surface area contributed by atoms with E-state index in [4.69, 9.17) is 0 Å². The van der Waals surface area contributed by atoms with Crippen molar-refractivity contribution >= 4 is 11.8 Å². The van der Waals surface area contributed by atoms with Crippen molar-refractivity contribution in [2.45, 2.75) is 27.2 Å². The molecule has 1 N–H and O–H groups in total. The van der Waals surface area contributed by atoms with Crippen LogP contribution >= 0.6 is 0 Å². The van der Waals surface area contributed by atoms with Gasteiger partial charge in [-0.25, -0.2) is 15.0 Å². The van der Waals surface area contributed by atoms with Crippen LogP contribution < -0.4 is 10.2 Å². The minimum atomic E-state index is 0.604. The van der Waals surface area contributed by atoms with Crippen LogP contribution in [0.5, 0.6) is 0 Å². The van der Waals surface area contributed by atoms with Crippen molar-refractivity contribution in [3.8, 4) is 0 Å². The van der Waals surface area contributed by atoms with Gasteiger partial charge in [-0.1, -0.05) is 6.07 Å². The number of aromatic nitrogens is 3. The number of hydrogen-bond acceptors (Lipinski definition) is 5. The largest absolute Gasteiger partial charge is 0.370 e. The highest BCUT2D eigenvalue weighted by molar-refractivity contribution is 5.37. The Morgan fingerprint density at radius 1 is 1.23 bits per heavy atom. The van der Waals surface area contributed by atoms with E-state index in [0.717, 1.165) is 54.8 Å². The average molecular weight is 297 g/mol. The molecule has 0 spiro atoms. The highest BCUT2D eigenvalue weighted by Gasteiger charge is 2.24. The van der Waals surface area contributed by atoms with E-state index in [1.165, 1.54) is 0 Å². The lowest BCUT2D eigenvalue weighted by atomic mass is 10.1. The van der Waals surface area contributed by atoms with Crippen molar-refractivity contribution in [2.75, 3.05) is 29.9 Å². The van der Waals surface area contributed by atoms with E-state index in [-0.39, 0.29) is 0 Å². The SMILES string of the molecule is Cc1cccc(NCC2CCN(c3ncc(C)c(C)n3)C2)n1. The number of pyridine rings is 1. The number of anilines is 2. The Bertz CT molecular complexity index is 655. The molecule has 2 aromatic rings. The Kier molecular flexibility index (Phi) is 4.22. The second kappa shape index (κ2) is 6.30. The van der Waals surface area contributed by atoms with Crippen LogP contribution in [0.2, 0.25) is 0 Å². The molecule has 1 unspecified atom stereocenters. The summed E-state index contributed by atoms with van der Waals surface area (Å²) in [6.07, 6.45) is 3.08. The van der Waals surface area contributed by atoms with Crippen LogP contribution in [0, 0.1) is 26.7 Å². The molecular formula is C17H23N5. The van der Waals surface area contributed by atoms with Crippen LogP contribution in [0.1, 0.15) is 23.4 Å². The maximum atomic E-state index is 4.60. The van der Waals surface area contributed by atoms with Gasteiger partial charge in [-0.2, -0.15) is 0 Å². The lowest BCUT2D eigenvalue weighted by Crippen LogP contribution is -2.24. The molecule has 1 aliphatic heterocycles. The quantitative estimate of drug-likeness (QED) is 0.940. The molecule has 1 aliphatic rings. The first-order chi connectivity index (χ1) is 10.6. The molecule has 0 radical (unpaired) electrons. The van der Waals surface area contributed by atoms with E-state index >= 15 is 0 Å². The zero-order valence-electron chi connectivity index (χ0n) is 13.5. The van der Waals surface area contributed by atoms with E-state index in [1.807, 2.05) is 45.2 Å². The fraction of sp³-hybridized carbons (Fsp3) is 0.471. The van der Waals surface area contributed by atoms with Gasteiger partial charge in [0, 0.05) is 37.2 Å². The molecule has 5 heteroatoms. The van der Waals surface area contributed by atoms with E-state index < -0.39 is 0 Å². The third-order valence-electron chi connectivity index (χ3n) is 4.24. The number of nitrogens with one attached hydrogen (secondary N) is 1. The van der Waals surface area contributed by atoms with Crippen molar-refractivity contribution in [2.24, 2.45) is 5.92 Å². The molecule has 5 nitrogen and oxygen atoms in total. The number of hydrogen-bond donors (Lipinski definition) is 1. The van der Waals surface area contributed by atoms with Crippen molar-refractivity contribution in [3.05, 3.63) is 41.3 Å². The Hall–Kier alpha value is -2.17. The van der Waals surface area contributed by atoms with Gasteiger partial charge in [-0.3, -0.25) is 0 Å². The van der Waals surface area contributed by atoms with E-state index in [1.54, 1.807) is 0 Å². The molecule has 3 rings (SSSR count). The van der Waals surface area contributed by atoms with Gasteiger partial charge in [0.15, 0.2) is 0 Å². The van der Waals surface area contributed by atoms with Crippen LogP contribution in [0.25, 0.3) is 0 Å². The first-order valence-corrected chi connectivity index (χ1v) is 7.84. The summed E-state index contributed by atoms with van der Waals surface area (Å²) in [6.45, 7) is 9.07. The zero-order valence-corrected chi connectivity index (χ0v) is 13.5. The van der Waals surface area contributed by atoms with Crippen LogP contribution in [0.4, 0.5) is 11.8 Å². The van der Waals surface area contributed by atoms with E-state index in [0.29, 0.717) is 5.92 Å². The summed E-state index contributed by atoms with van der Waals surface area (Å²) >= 11 is 0. The van der Waals surface area contributed by atoms with Gasteiger partial charge in [0.2, 0.25) is 5.95 Å². The number of aryl methyl sites for hydroxylation is 3. The summed E-state index contributed by atoms with van der Waals surface area (Å²) < 4.78 is 0. The standard InChI is InChI=1S/C17H23N5/c1-12-9-19-17(21-14(12)3)22-8-7-15(11-22)10-18-16-6-4-5-13(2)20-16/h4-6,9,15H,7-8,10-11H2,1-3H3,(H,18,20). The molecule has 0 amide bonds. The molecule has 0 bridgehead atoms. The third-order valence-corrected chi connectivity index (χ3v) is 4.24. The molecule has 1 atom stereocenters.